The molecule has 0 bridgehead atoms. The average Bonchev–Trinajstić information content (AvgIpc) is 3.09. The SMILES string of the molecule is COc1ccc(OC)c(-n2nnnc2S[C@@H](C)c2cccnc2)c1. The number of tetrazole rings is 1. The minimum absolute atomic E-state index is 0.153. The van der Waals surface area contributed by atoms with Crippen LogP contribution in [0.1, 0.15) is 17.7 Å². The summed E-state index contributed by atoms with van der Waals surface area (Å²) in [5, 5.41) is 12.9. The normalized spacial score (nSPS) is 12.0. The lowest BCUT2D eigenvalue weighted by Crippen LogP contribution is -2.03. The molecule has 0 aliphatic rings. The Labute approximate surface area is 144 Å². The van der Waals surface area contributed by atoms with Gasteiger partial charge in [0.1, 0.15) is 17.2 Å². The van der Waals surface area contributed by atoms with Gasteiger partial charge in [-0.1, -0.05) is 17.8 Å². The van der Waals surface area contributed by atoms with Crippen LogP contribution in [0.15, 0.2) is 47.9 Å². The second-order valence-corrected chi connectivity index (χ2v) is 6.27. The van der Waals surface area contributed by atoms with E-state index in [9.17, 15) is 0 Å². The fourth-order valence-corrected chi connectivity index (χ4v) is 3.12. The molecule has 0 amide bonds. The maximum atomic E-state index is 5.42. The van der Waals surface area contributed by atoms with Crippen molar-refractivity contribution >= 4 is 11.8 Å². The number of hydrogen-bond donors (Lipinski definition) is 0. The summed E-state index contributed by atoms with van der Waals surface area (Å²) >= 11 is 1.55. The van der Waals surface area contributed by atoms with E-state index in [0.717, 1.165) is 11.3 Å². The molecule has 8 heteroatoms. The Kier molecular flexibility index (Phi) is 4.95. The molecule has 0 N–H and O–H groups in total. The van der Waals surface area contributed by atoms with Gasteiger partial charge in [0.15, 0.2) is 0 Å². The third kappa shape index (κ3) is 3.33. The third-order valence-electron chi connectivity index (χ3n) is 3.49. The standard InChI is InChI=1S/C16H17N5O2S/c1-11(12-5-4-8-17-10-12)24-16-18-19-20-21(16)14-9-13(22-2)6-7-15(14)23-3/h4-11H,1-3H3/t11-/m0/s1. The first-order chi connectivity index (χ1) is 11.7. The second-order valence-electron chi connectivity index (χ2n) is 4.96. The van der Waals surface area contributed by atoms with E-state index in [0.29, 0.717) is 16.7 Å². The summed E-state index contributed by atoms with van der Waals surface area (Å²) in [6.07, 6.45) is 3.60. The number of benzene rings is 1. The summed E-state index contributed by atoms with van der Waals surface area (Å²) < 4.78 is 12.4. The van der Waals surface area contributed by atoms with E-state index >= 15 is 0 Å². The van der Waals surface area contributed by atoms with E-state index in [4.69, 9.17) is 9.47 Å². The molecule has 2 aromatic heterocycles. The van der Waals surface area contributed by atoms with Gasteiger partial charge in [0.25, 0.3) is 0 Å². The minimum Gasteiger partial charge on any atom is -0.497 e. The molecule has 7 nitrogen and oxygen atoms in total. The van der Waals surface area contributed by atoms with E-state index in [1.807, 2.05) is 36.5 Å². The molecular formula is C16H17N5O2S. The zero-order valence-corrected chi connectivity index (χ0v) is 14.4. The summed E-state index contributed by atoms with van der Waals surface area (Å²) in [5.74, 6) is 1.37. The van der Waals surface area contributed by atoms with E-state index in [1.54, 1.807) is 36.9 Å². The molecule has 124 valence electrons. The number of aromatic nitrogens is 5. The number of ether oxygens (including phenoxy) is 2. The molecule has 0 aliphatic carbocycles. The van der Waals surface area contributed by atoms with Crippen LogP contribution in [0.5, 0.6) is 11.5 Å². The van der Waals surface area contributed by atoms with Crippen LogP contribution in [-0.4, -0.2) is 39.4 Å². The van der Waals surface area contributed by atoms with E-state index in [-0.39, 0.29) is 5.25 Å². The molecule has 0 saturated carbocycles. The zero-order chi connectivity index (χ0) is 16.9. The van der Waals surface area contributed by atoms with Crippen LogP contribution in [0, 0.1) is 0 Å². The van der Waals surface area contributed by atoms with Crippen LogP contribution in [0.4, 0.5) is 0 Å². The van der Waals surface area contributed by atoms with Gasteiger partial charge in [-0.15, -0.1) is 5.10 Å². The van der Waals surface area contributed by atoms with E-state index < -0.39 is 0 Å². The van der Waals surface area contributed by atoms with Crippen molar-refractivity contribution < 1.29 is 9.47 Å². The molecule has 1 aromatic carbocycles. The Morgan fingerprint density at radius 3 is 2.75 bits per heavy atom. The quantitative estimate of drug-likeness (QED) is 0.637. The Bertz CT molecular complexity index is 809. The van der Waals surface area contributed by atoms with Crippen molar-refractivity contribution in [2.45, 2.75) is 17.3 Å². The summed E-state index contributed by atoms with van der Waals surface area (Å²) in [6, 6.07) is 9.45. The summed E-state index contributed by atoms with van der Waals surface area (Å²) in [5.41, 5.74) is 1.83. The molecule has 3 rings (SSSR count). The van der Waals surface area contributed by atoms with Crippen LogP contribution in [0.25, 0.3) is 5.69 Å². The Morgan fingerprint density at radius 1 is 1.17 bits per heavy atom. The fraction of sp³-hybridized carbons (Fsp3) is 0.250. The topological polar surface area (TPSA) is 75.0 Å². The number of thioether (sulfide) groups is 1. The number of pyridine rings is 1. The summed E-state index contributed by atoms with van der Waals surface area (Å²) in [4.78, 5) is 4.16. The molecule has 0 saturated heterocycles. The van der Waals surface area contributed by atoms with Crippen molar-refractivity contribution in [2.75, 3.05) is 14.2 Å². The first-order valence-corrected chi connectivity index (χ1v) is 8.18. The van der Waals surface area contributed by atoms with Gasteiger partial charge in [0.2, 0.25) is 5.16 Å². The van der Waals surface area contributed by atoms with Crippen molar-refractivity contribution in [3.63, 3.8) is 0 Å². The van der Waals surface area contributed by atoms with Crippen molar-refractivity contribution in [2.24, 2.45) is 0 Å². The highest BCUT2D eigenvalue weighted by Gasteiger charge is 2.18. The van der Waals surface area contributed by atoms with Crippen molar-refractivity contribution in [1.82, 2.24) is 25.2 Å². The molecule has 3 aromatic rings. The van der Waals surface area contributed by atoms with Gasteiger partial charge in [-0.25, -0.2) is 0 Å². The Hall–Kier alpha value is -2.61. The molecular weight excluding hydrogens is 326 g/mol. The average molecular weight is 343 g/mol. The van der Waals surface area contributed by atoms with Crippen LogP contribution in [0.2, 0.25) is 0 Å². The van der Waals surface area contributed by atoms with Crippen LogP contribution in [-0.2, 0) is 0 Å². The fourth-order valence-electron chi connectivity index (χ4n) is 2.21. The lowest BCUT2D eigenvalue weighted by molar-refractivity contribution is 0.399. The van der Waals surface area contributed by atoms with Crippen molar-refractivity contribution in [3.8, 4) is 17.2 Å². The predicted octanol–water partition coefficient (Wildman–Crippen LogP) is 2.93. The smallest absolute Gasteiger partial charge is 0.214 e. The van der Waals surface area contributed by atoms with E-state index in [2.05, 4.69) is 27.4 Å². The maximum Gasteiger partial charge on any atom is 0.214 e. The molecule has 1 atom stereocenters. The summed E-state index contributed by atoms with van der Waals surface area (Å²) in [7, 11) is 3.23. The first kappa shape index (κ1) is 16.3. The van der Waals surface area contributed by atoms with Crippen LogP contribution in [0.3, 0.4) is 0 Å². The number of rotatable bonds is 6. The number of hydrogen-bond acceptors (Lipinski definition) is 7. The van der Waals surface area contributed by atoms with Gasteiger partial charge in [0, 0.05) is 23.7 Å². The summed E-state index contributed by atoms with van der Waals surface area (Å²) in [6.45, 7) is 2.09. The van der Waals surface area contributed by atoms with E-state index in [1.165, 1.54) is 0 Å². The van der Waals surface area contributed by atoms with Crippen LogP contribution < -0.4 is 9.47 Å². The van der Waals surface area contributed by atoms with Crippen molar-refractivity contribution in [3.05, 3.63) is 48.3 Å². The molecule has 0 spiro atoms. The lowest BCUT2D eigenvalue weighted by Gasteiger charge is -2.13. The molecule has 2 heterocycles. The molecule has 0 fully saturated rings. The maximum absolute atomic E-state index is 5.42. The molecule has 24 heavy (non-hydrogen) atoms. The number of methoxy groups -OCH3 is 2. The molecule has 0 unspecified atom stereocenters. The van der Waals surface area contributed by atoms with Gasteiger partial charge < -0.3 is 9.47 Å². The van der Waals surface area contributed by atoms with Crippen molar-refractivity contribution in [1.29, 1.82) is 0 Å². The van der Waals surface area contributed by atoms with Gasteiger partial charge in [-0.2, -0.15) is 4.68 Å². The molecule has 0 aliphatic heterocycles. The largest absolute Gasteiger partial charge is 0.497 e. The van der Waals surface area contributed by atoms with Gasteiger partial charge in [-0.05, 0) is 41.1 Å². The second kappa shape index (κ2) is 7.31. The predicted molar refractivity (Wildman–Crippen MR) is 90.8 cm³/mol. The monoisotopic (exact) mass is 343 g/mol. The highest BCUT2D eigenvalue weighted by molar-refractivity contribution is 7.99. The highest BCUT2D eigenvalue weighted by Crippen LogP contribution is 2.35. The van der Waals surface area contributed by atoms with Crippen LogP contribution >= 0.6 is 11.8 Å². The Balaban J connectivity index is 1.93. The zero-order valence-electron chi connectivity index (χ0n) is 13.6. The third-order valence-corrected chi connectivity index (χ3v) is 4.58. The molecule has 0 radical (unpaired) electrons. The first-order valence-electron chi connectivity index (χ1n) is 7.30. The lowest BCUT2D eigenvalue weighted by atomic mass is 10.2. The number of nitrogens with zero attached hydrogens (tertiary/aromatic N) is 5. The highest BCUT2D eigenvalue weighted by atomic mass is 32.2. The Morgan fingerprint density at radius 2 is 2.04 bits per heavy atom. The minimum atomic E-state index is 0.153. The van der Waals surface area contributed by atoms with Gasteiger partial charge in [0.05, 0.1) is 14.2 Å². The van der Waals surface area contributed by atoms with Gasteiger partial charge in [-0.3, -0.25) is 4.98 Å². The van der Waals surface area contributed by atoms with Gasteiger partial charge >= 0.3 is 0 Å².